The monoisotopic (exact) mass is 357 g/mol. The molecule has 1 fully saturated rings. The van der Waals surface area contributed by atoms with Crippen molar-refractivity contribution in [2.24, 2.45) is 0 Å². The highest BCUT2D eigenvalue weighted by Crippen LogP contribution is 2.34. The molecule has 4 nitrogen and oxygen atoms in total. The molecule has 1 aliphatic rings. The van der Waals surface area contributed by atoms with E-state index in [0.717, 1.165) is 6.54 Å². The molecule has 3 heterocycles. The van der Waals surface area contributed by atoms with Crippen molar-refractivity contribution >= 4 is 23.6 Å². The van der Waals surface area contributed by atoms with Gasteiger partial charge in [0.1, 0.15) is 0 Å². The van der Waals surface area contributed by atoms with Crippen LogP contribution in [0.15, 0.2) is 52.3 Å². The van der Waals surface area contributed by atoms with Gasteiger partial charge in [0, 0.05) is 17.5 Å². The quantitative estimate of drug-likeness (QED) is 0.622. The Morgan fingerprint density at radius 2 is 2.08 bits per heavy atom. The number of nitrogens with zero attached hydrogens (tertiary/aromatic N) is 3. The van der Waals surface area contributed by atoms with Gasteiger partial charge in [-0.3, -0.25) is 4.90 Å². The molecule has 4 rings (SSSR count). The van der Waals surface area contributed by atoms with Gasteiger partial charge in [0.25, 0.3) is 4.84 Å². The van der Waals surface area contributed by atoms with Crippen molar-refractivity contribution in [3.05, 3.63) is 69.0 Å². The highest BCUT2D eigenvalue weighted by atomic mass is 32.1. The first-order valence-corrected chi connectivity index (χ1v) is 9.46. The van der Waals surface area contributed by atoms with Crippen LogP contribution in [0.3, 0.4) is 0 Å². The van der Waals surface area contributed by atoms with E-state index >= 15 is 0 Å². The molecule has 0 N–H and O–H groups in total. The van der Waals surface area contributed by atoms with Gasteiger partial charge in [0.2, 0.25) is 5.89 Å². The molecule has 0 radical (unpaired) electrons. The maximum atomic E-state index is 5.70. The summed E-state index contributed by atoms with van der Waals surface area (Å²) in [6.07, 6.45) is 3.08. The number of hydrogen-bond acceptors (Lipinski definition) is 5. The largest absolute Gasteiger partial charge is 0.414 e. The second-order valence-electron chi connectivity index (χ2n) is 6.05. The summed E-state index contributed by atoms with van der Waals surface area (Å²) in [7, 11) is 0. The SMILES string of the molecule is S=c1oc(Cc2ccccc2)nn1CN1CCC[C@@H]1c1cccs1. The summed E-state index contributed by atoms with van der Waals surface area (Å²) >= 11 is 7.20. The van der Waals surface area contributed by atoms with Gasteiger partial charge in [-0.2, -0.15) is 0 Å². The lowest BCUT2D eigenvalue weighted by molar-refractivity contribution is 0.190. The number of aromatic nitrogens is 2. The van der Waals surface area contributed by atoms with E-state index in [-0.39, 0.29) is 0 Å². The minimum absolute atomic E-state index is 0.456. The zero-order chi connectivity index (χ0) is 16.4. The van der Waals surface area contributed by atoms with Crippen molar-refractivity contribution in [3.63, 3.8) is 0 Å². The van der Waals surface area contributed by atoms with Gasteiger partial charge in [0.05, 0.1) is 13.1 Å². The highest BCUT2D eigenvalue weighted by Gasteiger charge is 2.27. The zero-order valence-corrected chi connectivity index (χ0v) is 14.9. The summed E-state index contributed by atoms with van der Waals surface area (Å²) in [5, 5.41) is 6.74. The van der Waals surface area contributed by atoms with Crippen molar-refractivity contribution in [2.75, 3.05) is 6.54 Å². The lowest BCUT2D eigenvalue weighted by Crippen LogP contribution is -2.26. The minimum Gasteiger partial charge on any atom is -0.414 e. The summed E-state index contributed by atoms with van der Waals surface area (Å²) in [5.74, 6) is 0.679. The van der Waals surface area contributed by atoms with Crippen molar-refractivity contribution in [2.45, 2.75) is 32.0 Å². The maximum absolute atomic E-state index is 5.70. The fraction of sp³-hybridized carbons (Fsp3) is 0.333. The fourth-order valence-corrected chi connectivity index (χ4v) is 4.34. The van der Waals surface area contributed by atoms with E-state index in [0.29, 0.717) is 29.9 Å². The highest BCUT2D eigenvalue weighted by molar-refractivity contribution is 7.71. The summed E-state index contributed by atoms with van der Waals surface area (Å²) in [6.45, 7) is 1.77. The Morgan fingerprint density at radius 1 is 1.21 bits per heavy atom. The third-order valence-corrected chi connectivity index (χ3v) is 5.66. The topological polar surface area (TPSA) is 34.2 Å². The van der Waals surface area contributed by atoms with E-state index in [1.807, 2.05) is 34.2 Å². The predicted octanol–water partition coefficient (Wildman–Crippen LogP) is 4.65. The van der Waals surface area contributed by atoms with Crippen molar-refractivity contribution < 1.29 is 4.42 Å². The molecule has 3 aromatic rings. The molecule has 124 valence electrons. The first kappa shape index (κ1) is 15.7. The summed E-state index contributed by atoms with van der Waals surface area (Å²) in [4.78, 5) is 4.32. The molecule has 1 atom stereocenters. The standard InChI is InChI=1S/C18H19N3OS2/c23-18-21(19-17(22-18)12-14-6-2-1-3-7-14)13-20-10-4-8-15(20)16-9-5-11-24-16/h1-3,5-7,9,11,15H,4,8,10,12-13H2/t15-/m1/s1. The second-order valence-corrected chi connectivity index (χ2v) is 7.38. The van der Waals surface area contributed by atoms with E-state index in [9.17, 15) is 0 Å². The van der Waals surface area contributed by atoms with Crippen LogP contribution in [0.2, 0.25) is 0 Å². The Balaban J connectivity index is 1.50. The van der Waals surface area contributed by atoms with Crippen LogP contribution in [0.25, 0.3) is 0 Å². The van der Waals surface area contributed by atoms with Crippen molar-refractivity contribution in [3.8, 4) is 0 Å². The molecule has 0 amide bonds. The van der Waals surface area contributed by atoms with E-state index < -0.39 is 0 Å². The first-order chi connectivity index (χ1) is 11.8. The van der Waals surface area contributed by atoms with Crippen LogP contribution in [-0.4, -0.2) is 21.2 Å². The van der Waals surface area contributed by atoms with Crippen LogP contribution >= 0.6 is 23.6 Å². The number of benzene rings is 1. The molecule has 6 heteroatoms. The van der Waals surface area contributed by atoms with Gasteiger partial charge < -0.3 is 4.42 Å². The van der Waals surface area contributed by atoms with Gasteiger partial charge in [0.15, 0.2) is 0 Å². The maximum Gasteiger partial charge on any atom is 0.288 e. The molecule has 0 aliphatic carbocycles. The molecule has 1 aliphatic heterocycles. The molecule has 1 aromatic carbocycles. The molecule has 0 spiro atoms. The number of hydrogen-bond donors (Lipinski definition) is 0. The minimum atomic E-state index is 0.456. The van der Waals surface area contributed by atoms with Crippen molar-refractivity contribution in [1.29, 1.82) is 0 Å². The summed E-state index contributed by atoms with van der Waals surface area (Å²) < 4.78 is 7.52. The van der Waals surface area contributed by atoms with E-state index in [4.69, 9.17) is 16.6 Å². The first-order valence-electron chi connectivity index (χ1n) is 8.18. The van der Waals surface area contributed by atoms with Crippen LogP contribution in [0, 0.1) is 4.84 Å². The molecule has 0 saturated carbocycles. The Morgan fingerprint density at radius 3 is 2.88 bits per heavy atom. The Hall–Kier alpha value is -1.76. The third kappa shape index (κ3) is 3.36. The van der Waals surface area contributed by atoms with Gasteiger partial charge in [-0.15, -0.1) is 16.4 Å². The van der Waals surface area contributed by atoms with Crippen molar-refractivity contribution in [1.82, 2.24) is 14.7 Å². The van der Waals surface area contributed by atoms with E-state index in [1.165, 1.54) is 23.3 Å². The molecular formula is C18H19N3OS2. The Bertz CT molecular complexity index is 839. The summed E-state index contributed by atoms with van der Waals surface area (Å²) in [5.41, 5.74) is 1.18. The third-order valence-electron chi connectivity index (χ3n) is 4.40. The molecule has 1 saturated heterocycles. The zero-order valence-electron chi connectivity index (χ0n) is 13.3. The summed E-state index contributed by atoms with van der Waals surface area (Å²) in [6, 6.07) is 15.0. The number of rotatable bonds is 5. The average Bonchev–Trinajstić information content (AvgIpc) is 3.31. The van der Waals surface area contributed by atoms with Gasteiger partial charge >= 0.3 is 0 Å². The van der Waals surface area contributed by atoms with Crippen LogP contribution in [-0.2, 0) is 13.1 Å². The normalized spacial score (nSPS) is 18.2. The van der Waals surface area contributed by atoms with Crippen LogP contribution in [0.4, 0.5) is 0 Å². The number of likely N-dealkylation sites (tertiary alicyclic amines) is 1. The Kier molecular flexibility index (Phi) is 4.60. The fourth-order valence-electron chi connectivity index (χ4n) is 3.25. The van der Waals surface area contributed by atoms with Crippen LogP contribution in [0.5, 0.6) is 0 Å². The molecule has 24 heavy (non-hydrogen) atoms. The molecule has 0 unspecified atom stereocenters. The molecule has 0 bridgehead atoms. The van der Waals surface area contributed by atoms with Crippen LogP contribution in [0.1, 0.15) is 35.2 Å². The molecular weight excluding hydrogens is 338 g/mol. The smallest absolute Gasteiger partial charge is 0.288 e. The molecule has 2 aromatic heterocycles. The van der Waals surface area contributed by atoms with Gasteiger partial charge in [-0.1, -0.05) is 36.4 Å². The van der Waals surface area contributed by atoms with E-state index in [1.54, 1.807) is 0 Å². The van der Waals surface area contributed by atoms with Gasteiger partial charge in [-0.05, 0) is 42.1 Å². The van der Waals surface area contributed by atoms with Crippen LogP contribution < -0.4 is 0 Å². The van der Waals surface area contributed by atoms with E-state index in [2.05, 4.69) is 39.6 Å². The predicted molar refractivity (Wildman–Crippen MR) is 97.6 cm³/mol. The Labute approximate surface area is 150 Å². The second kappa shape index (κ2) is 7.01. The lowest BCUT2D eigenvalue weighted by atomic mass is 10.2. The lowest BCUT2D eigenvalue weighted by Gasteiger charge is -2.22. The van der Waals surface area contributed by atoms with Gasteiger partial charge in [-0.25, -0.2) is 4.68 Å². The average molecular weight is 358 g/mol. The number of thiophene rings is 1.